The molecule has 0 radical (unpaired) electrons. The van der Waals surface area contributed by atoms with Gasteiger partial charge in [0.2, 0.25) is 0 Å². The molecule has 8 nitrogen and oxygen atoms in total. The smallest absolute Gasteiger partial charge is 0.257 e. The number of carbonyl (C=O) groups excluding carboxylic acids is 2. The molecule has 0 unspecified atom stereocenters. The predicted octanol–water partition coefficient (Wildman–Crippen LogP) is 3.71. The topological polar surface area (TPSA) is 121 Å². The molecule has 1 amide bonds. The number of hydrogen-bond acceptors (Lipinski definition) is 6. The lowest BCUT2D eigenvalue weighted by atomic mass is 9.87. The highest BCUT2D eigenvalue weighted by molar-refractivity contribution is 6.05. The van der Waals surface area contributed by atoms with Crippen molar-refractivity contribution < 1.29 is 14.7 Å². The zero-order valence-corrected chi connectivity index (χ0v) is 18.1. The minimum absolute atomic E-state index is 0.133. The first kappa shape index (κ1) is 21.7. The standard InChI is InChI=1S/C24H25N5O3/c1-24(2,32)20-9-21-18(13-29(28-21)19-5-3-15(14-30)4-6-19)8-22(20)27-23(31)17-7-16(10-25)11-26-12-17/h7-9,11-15,19,32H,3-6H2,1-2H3,(H,27,31). The van der Waals surface area contributed by atoms with Gasteiger partial charge in [-0.1, -0.05) is 0 Å². The van der Waals surface area contributed by atoms with Gasteiger partial charge in [0.05, 0.1) is 28.3 Å². The molecule has 0 aliphatic heterocycles. The Morgan fingerprint density at radius 2 is 2.00 bits per heavy atom. The van der Waals surface area contributed by atoms with Crippen LogP contribution in [0.5, 0.6) is 0 Å². The van der Waals surface area contributed by atoms with Crippen molar-refractivity contribution in [1.29, 1.82) is 5.26 Å². The second-order valence-electron chi connectivity index (χ2n) is 8.86. The van der Waals surface area contributed by atoms with E-state index in [4.69, 9.17) is 10.4 Å². The zero-order valence-electron chi connectivity index (χ0n) is 18.1. The van der Waals surface area contributed by atoms with Crippen LogP contribution in [0.25, 0.3) is 10.9 Å². The number of pyridine rings is 1. The van der Waals surface area contributed by atoms with E-state index in [1.807, 2.05) is 23.0 Å². The fourth-order valence-electron chi connectivity index (χ4n) is 4.21. The van der Waals surface area contributed by atoms with Crippen LogP contribution in [0, 0.1) is 17.2 Å². The number of fused-ring (bicyclic) bond motifs is 1. The highest BCUT2D eigenvalue weighted by Gasteiger charge is 2.26. The van der Waals surface area contributed by atoms with Crippen LogP contribution in [0.3, 0.4) is 0 Å². The summed E-state index contributed by atoms with van der Waals surface area (Å²) in [4.78, 5) is 27.8. The molecule has 32 heavy (non-hydrogen) atoms. The summed E-state index contributed by atoms with van der Waals surface area (Å²) in [7, 11) is 0. The highest BCUT2D eigenvalue weighted by Crippen LogP contribution is 2.35. The summed E-state index contributed by atoms with van der Waals surface area (Å²) in [6.07, 6.45) is 9.27. The third-order valence-electron chi connectivity index (χ3n) is 6.01. The Morgan fingerprint density at radius 1 is 1.25 bits per heavy atom. The van der Waals surface area contributed by atoms with Crippen molar-refractivity contribution in [2.75, 3.05) is 5.32 Å². The van der Waals surface area contributed by atoms with Crippen molar-refractivity contribution in [2.24, 2.45) is 5.92 Å². The minimum Gasteiger partial charge on any atom is -0.386 e. The van der Waals surface area contributed by atoms with E-state index in [-0.39, 0.29) is 17.5 Å². The second kappa shape index (κ2) is 8.52. The summed E-state index contributed by atoms with van der Waals surface area (Å²) in [5.41, 5.74) is 1.08. The molecule has 2 aromatic heterocycles. The lowest BCUT2D eigenvalue weighted by Crippen LogP contribution is -2.21. The van der Waals surface area contributed by atoms with E-state index in [2.05, 4.69) is 10.3 Å². The number of anilines is 1. The van der Waals surface area contributed by atoms with Gasteiger partial charge in [-0.05, 0) is 57.7 Å². The van der Waals surface area contributed by atoms with E-state index in [0.29, 0.717) is 16.8 Å². The Balaban J connectivity index is 1.67. The largest absolute Gasteiger partial charge is 0.386 e. The Bertz CT molecular complexity index is 1210. The molecule has 0 spiro atoms. The summed E-state index contributed by atoms with van der Waals surface area (Å²) >= 11 is 0. The first-order valence-electron chi connectivity index (χ1n) is 10.7. The van der Waals surface area contributed by atoms with Gasteiger partial charge < -0.3 is 15.2 Å². The molecule has 1 aromatic carbocycles. The Kier molecular flexibility index (Phi) is 5.76. The summed E-state index contributed by atoms with van der Waals surface area (Å²) in [5, 5.41) is 28.2. The number of hydrogen-bond donors (Lipinski definition) is 2. The van der Waals surface area contributed by atoms with E-state index >= 15 is 0 Å². The molecule has 2 N–H and O–H groups in total. The molecule has 2 heterocycles. The maximum atomic E-state index is 12.8. The molecule has 0 saturated heterocycles. The van der Waals surface area contributed by atoms with Crippen LogP contribution in [-0.2, 0) is 10.4 Å². The van der Waals surface area contributed by atoms with Gasteiger partial charge in [0, 0.05) is 41.1 Å². The molecule has 164 valence electrons. The van der Waals surface area contributed by atoms with Crippen molar-refractivity contribution in [1.82, 2.24) is 14.8 Å². The van der Waals surface area contributed by atoms with Gasteiger partial charge >= 0.3 is 0 Å². The maximum absolute atomic E-state index is 12.8. The third-order valence-corrected chi connectivity index (χ3v) is 6.01. The summed E-state index contributed by atoms with van der Waals surface area (Å²) in [6, 6.07) is 7.27. The summed E-state index contributed by atoms with van der Waals surface area (Å²) in [6.45, 7) is 3.30. The highest BCUT2D eigenvalue weighted by atomic mass is 16.3. The molecule has 0 bridgehead atoms. The fourth-order valence-corrected chi connectivity index (χ4v) is 4.21. The molecule has 1 fully saturated rings. The van der Waals surface area contributed by atoms with E-state index < -0.39 is 11.5 Å². The van der Waals surface area contributed by atoms with Crippen LogP contribution in [0.4, 0.5) is 5.69 Å². The number of amides is 1. The van der Waals surface area contributed by atoms with Gasteiger partial charge in [-0.15, -0.1) is 0 Å². The van der Waals surface area contributed by atoms with Crippen molar-refractivity contribution in [2.45, 2.75) is 51.2 Å². The Labute approximate surface area is 185 Å². The summed E-state index contributed by atoms with van der Waals surface area (Å²) < 4.78 is 1.94. The molecule has 3 aromatic rings. The van der Waals surface area contributed by atoms with Crippen LogP contribution < -0.4 is 5.32 Å². The van der Waals surface area contributed by atoms with Gasteiger partial charge in [0.25, 0.3) is 5.91 Å². The normalized spacial score (nSPS) is 18.8. The zero-order chi connectivity index (χ0) is 22.9. The minimum atomic E-state index is -1.21. The molecule has 1 aliphatic rings. The fraction of sp³-hybridized carbons (Fsp3) is 0.375. The number of benzene rings is 1. The molecule has 0 atom stereocenters. The number of carbonyl (C=O) groups is 2. The van der Waals surface area contributed by atoms with Crippen LogP contribution in [0.1, 0.15) is 67.1 Å². The van der Waals surface area contributed by atoms with Crippen LogP contribution in [0.2, 0.25) is 0 Å². The second-order valence-corrected chi connectivity index (χ2v) is 8.86. The number of nitriles is 1. The SMILES string of the molecule is CC(C)(O)c1cc2nn(C3CCC(C=O)CC3)cc2cc1NC(=O)c1cncc(C#N)c1. The lowest BCUT2D eigenvalue weighted by Gasteiger charge is -2.25. The molecular weight excluding hydrogens is 406 g/mol. The number of aromatic nitrogens is 3. The number of nitrogens with zero attached hydrogens (tertiary/aromatic N) is 4. The van der Waals surface area contributed by atoms with Crippen LogP contribution >= 0.6 is 0 Å². The van der Waals surface area contributed by atoms with E-state index in [1.54, 1.807) is 19.9 Å². The van der Waals surface area contributed by atoms with Gasteiger partial charge in [0.1, 0.15) is 12.4 Å². The van der Waals surface area contributed by atoms with Gasteiger partial charge in [0.15, 0.2) is 0 Å². The van der Waals surface area contributed by atoms with E-state index in [9.17, 15) is 14.7 Å². The Hall–Kier alpha value is -3.57. The number of aldehydes is 1. The van der Waals surface area contributed by atoms with Gasteiger partial charge in [-0.2, -0.15) is 10.4 Å². The monoisotopic (exact) mass is 431 g/mol. The number of rotatable bonds is 5. The predicted molar refractivity (Wildman–Crippen MR) is 119 cm³/mol. The maximum Gasteiger partial charge on any atom is 0.257 e. The third kappa shape index (κ3) is 4.39. The van der Waals surface area contributed by atoms with Crippen molar-refractivity contribution in [3.63, 3.8) is 0 Å². The first-order chi connectivity index (χ1) is 15.3. The van der Waals surface area contributed by atoms with Crippen LogP contribution in [-0.4, -0.2) is 32.1 Å². The molecule has 8 heteroatoms. The van der Waals surface area contributed by atoms with Crippen molar-refractivity contribution in [3.8, 4) is 6.07 Å². The van der Waals surface area contributed by atoms with Crippen molar-refractivity contribution >= 4 is 28.8 Å². The number of nitrogens with one attached hydrogen (secondary N) is 1. The molecule has 1 aliphatic carbocycles. The van der Waals surface area contributed by atoms with Gasteiger partial charge in [-0.3, -0.25) is 14.5 Å². The average molecular weight is 431 g/mol. The Morgan fingerprint density at radius 3 is 2.66 bits per heavy atom. The molecule has 1 saturated carbocycles. The van der Waals surface area contributed by atoms with Crippen molar-refractivity contribution in [3.05, 3.63) is 53.5 Å². The lowest BCUT2D eigenvalue weighted by molar-refractivity contribution is -0.112. The van der Waals surface area contributed by atoms with E-state index in [0.717, 1.165) is 42.9 Å². The van der Waals surface area contributed by atoms with Gasteiger partial charge in [-0.25, -0.2) is 0 Å². The average Bonchev–Trinajstić information content (AvgIpc) is 3.21. The molecular formula is C24H25N5O3. The summed E-state index contributed by atoms with van der Waals surface area (Å²) in [5.74, 6) is -0.284. The molecule has 4 rings (SSSR count). The van der Waals surface area contributed by atoms with Crippen LogP contribution in [0.15, 0.2) is 36.8 Å². The number of aliphatic hydroxyl groups is 1. The quantitative estimate of drug-likeness (QED) is 0.594. The van der Waals surface area contributed by atoms with E-state index in [1.165, 1.54) is 18.5 Å². The first-order valence-corrected chi connectivity index (χ1v) is 10.7.